The molecule has 26 heavy (non-hydrogen) atoms. The maximum absolute atomic E-state index is 13.0. The Morgan fingerprint density at radius 1 is 1.19 bits per heavy atom. The summed E-state index contributed by atoms with van der Waals surface area (Å²) in [5.74, 6) is 0.593. The number of nitrogens with zero attached hydrogens (tertiary/aromatic N) is 3. The minimum Gasteiger partial charge on any atom is -0.338 e. The van der Waals surface area contributed by atoms with Gasteiger partial charge in [-0.15, -0.1) is 0 Å². The summed E-state index contributed by atoms with van der Waals surface area (Å²) in [5.41, 5.74) is 1.45. The number of hydrogen-bond donors (Lipinski definition) is 0. The number of aromatic nitrogens is 2. The van der Waals surface area contributed by atoms with Crippen LogP contribution in [0.3, 0.4) is 0 Å². The quantitative estimate of drug-likeness (QED) is 0.829. The Morgan fingerprint density at radius 3 is 2.65 bits per heavy atom. The van der Waals surface area contributed by atoms with E-state index in [1.807, 2.05) is 42.2 Å². The lowest BCUT2D eigenvalue weighted by molar-refractivity contribution is -0.135. The highest BCUT2D eigenvalue weighted by Gasteiger charge is 2.26. The lowest BCUT2D eigenvalue weighted by atomic mass is 10.00. The molecule has 0 aliphatic carbocycles. The first kappa shape index (κ1) is 18.4. The molecule has 3 rings (SSSR count). The van der Waals surface area contributed by atoms with Gasteiger partial charge in [0.25, 0.3) is 5.56 Å². The van der Waals surface area contributed by atoms with Crippen molar-refractivity contribution in [3.05, 3.63) is 52.4 Å². The van der Waals surface area contributed by atoms with Crippen LogP contribution in [0.15, 0.2) is 41.2 Å². The van der Waals surface area contributed by atoms with Crippen molar-refractivity contribution in [2.45, 2.75) is 58.5 Å². The van der Waals surface area contributed by atoms with Crippen LogP contribution in [0.2, 0.25) is 0 Å². The Bertz CT molecular complexity index is 814. The fourth-order valence-electron chi connectivity index (χ4n) is 3.67. The zero-order valence-electron chi connectivity index (χ0n) is 15.6. The highest BCUT2D eigenvalue weighted by molar-refractivity contribution is 5.77. The highest BCUT2D eigenvalue weighted by atomic mass is 16.2. The summed E-state index contributed by atoms with van der Waals surface area (Å²) in [7, 11) is 0. The highest BCUT2D eigenvalue weighted by Crippen LogP contribution is 2.21. The topological polar surface area (TPSA) is 55.2 Å². The lowest BCUT2D eigenvalue weighted by Crippen LogP contribution is -2.46. The second-order valence-corrected chi connectivity index (χ2v) is 6.86. The maximum atomic E-state index is 13.0. The Hall–Kier alpha value is -2.43. The number of carbonyl (C=O) groups is 1. The third-order valence-electron chi connectivity index (χ3n) is 5.17. The minimum atomic E-state index is -0.158. The van der Waals surface area contributed by atoms with Gasteiger partial charge in [0.15, 0.2) is 0 Å². The average molecular weight is 353 g/mol. The van der Waals surface area contributed by atoms with E-state index in [2.05, 4.69) is 11.9 Å². The van der Waals surface area contributed by atoms with Gasteiger partial charge in [0, 0.05) is 29.9 Å². The first-order valence-corrected chi connectivity index (χ1v) is 9.59. The standard InChI is InChI=1S/C21H27N3O2/c1-3-17-14-19(25)24(21(22-17)16-10-6-5-7-11-16)15-20(26)23-13-9-8-12-18(23)4-2/h5-7,10-11,14,18H,3-4,8-9,12-13,15H2,1-2H3. The zero-order chi connectivity index (χ0) is 18.5. The molecule has 1 aromatic heterocycles. The van der Waals surface area contributed by atoms with E-state index in [9.17, 15) is 9.59 Å². The molecule has 0 spiro atoms. The van der Waals surface area contributed by atoms with E-state index in [0.717, 1.165) is 37.1 Å². The number of amides is 1. The number of likely N-dealkylation sites (tertiary alicyclic amines) is 1. The monoisotopic (exact) mass is 353 g/mol. The van der Waals surface area contributed by atoms with E-state index in [4.69, 9.17) is 0 Å². The fraction of sp³-hybridized carbons (Fsp3) is 0.476. The third-order valence-corrected chi connectivity index (χ3v) is 5.17. The predicted octanol–water partition coefficient (Wildman–Crippen LogP) is 3.26. The summed E-state index contributed by atoms with van der Waals surface area (Å²) < 4.78 is 1.53. The first-order chi connectivity index (χ1) is 12.6. The van der Waals surface area contributed by atoms with Crippen molar-refractivity contribution < 1.29 is 4.79 Å². The number of rotatable bonds is 5. The number of carbonyl (C=O) groups excluding carboxylic acids is 1. The van der Waals surface area contributed by atoms with Crippen LogP contribution in [-0.2, 0) is 17.8 Å². The molecule has 0 radical (unpaired) electrons. The molecule has 0 saturated carbocycles. The Morgan fingerprint density at radius 2 is 1.96 bits per heavy atom. The Labute approximate surface area is 154 Å². The number of aryl methyl sites for hydroxylation is 1. The molecule has 5 nitrogen and oxygen atoms in total. The van der Waals surface area contributed by atoms with Crippen LogP contribution in [0.5, 0.6) is 0 Å². The molecule has 2 heterocycles. The number of piperidine rings is 1. The lowest BCUT2D eigenvalue weighted by Gasteiger charge is -2.35. The Kier molecular flexibility index (Phi) is 5.86. The smallest absolute Gasteiger partial charge is 0.254 e. The van der Waals surface area contributed by atoms with Gasteiger partial charge in [-0.1, -0.05) is 44.2 Å². The van der Waals surface area contributed by atoms with E-state index < -0.39 is 0 Å². The van der Waals surface area contributed by atoms with Crippen molar-refractivity contribution in [3.63, 3.8) is 0 Å². The summed E-state index contributed by atoms with van der Waals surface area (Å²) in [6.45, 7) is 4.94. The molecule has 1 unspecified atom stereocenters. The summed E-state index contributed by atoms with van der Waals surface area (Å²) in [4.78, 5) is 32.3. The van der Waals surface area contributed by atoms with Crippen molar-refractivity contribution in [3.8, 4) is 11.4 Å². The van der Waals surface area contributed by atoms with Crippen LogP contribution < -0.4 is 5.56 Å². The van der Waals surface area contributed by atoms with Crippen LogP contribution in [0.4, 0.5) is 0 Å². The van der Waals surface area contributed by atoms with Gasteiger partial charge in [-0.2, -0.15) is 0 Å². The van der Waals surface area contributed by atoms with Crippen molar-refractivity contribution in [1.29, 1.82) is 0 Å². The van der Waals surface area contributed by atoms with Crippen molar-refractivity contribution in [1.82, 2.24) is 14.5 Å². The van der Waals surface area contributed by atoms with Gasteiger partial charge >= 0.3 is 0 Å². The van der Waals surface area contributed by atoms with Gasteiger partial charge < -0.3 is 4.90 Å². The molecule has 0 bridgehead atoms. The summed E-state index contributed by atoms with van der Waals surface area (Å²) in [6.07, 6.45) is 4.91. The van der Waals surface area contributed by atoms with E-state index in [1.165, 1.54) is 11.0 Å². The molecule has 1 saturated heterocycles. The molecule has 2 aromatic rings. The van der Waals surface area contributed by atoms with Gasteiger partial charge in [-0.25, -0.2) is 4.98 Å². The van der Waals surface area contributed by atoms with Crippen LogP contribution in [0.25, 0.3) is 11.4 Å². The summed E-state index contributed by atoms with van der Waals surface area (Å²) >= 11 is 0. The normalized spacial score (nSPS) is 17.3. The average Bonchev–Trinajstić information content (AvgIpc) is 2.69. The van der Waals surface area contributed by atoms with Gasteiger partial charge in [0.1, 0.15) is 12.4 Å². The predicted molar refractivity (Wildman–Crippen MR) is 103 cm³/mol. The number of benzene rings is 1. The zero-order valence-corrected chi connectivity index (χ0v) is 15.6. The van der Waals surface area contributed by atoms with E-state index in [-0.39, 0.29) is 24.1 Å². The largest absolute Gasteiger partial charge is 0.338 e. The van der Waals surface area contributed by atoms with Crippen molar-refractivity contribution in [2.24, 2.45) is 0 Å². The second-order valence-electron chi connectivity index (χ2n) is 6.86. The Balaban J connectivity index is 1.96. The molecular formula is C21H27N3O2. The first-order valence-electron chi connectivity index (χ1n) is 9.59. The fourth-order valence-corrected chi connectivity index (χ4v) is 3.67. The summed E-state index contributed by atoms with van der Waals surface area (Å²) in [6, 6.07) is 11.5. The van der Waals surface area contributed by atoms with E-state index in [0.29, 0.717) is 12.2 Å². The number of hydrogen-bond acceptors (Lipinski definition) is 3. The van der Waals surface area contributed by atoms with Crippen molar-refractivity contribution >= 4 is 5.91 Å². The third kappa shape index (κ3) is 3.87. The van der Waals surface area contributed by atoms with Gasteiger partial charge in [-0.05, 0) is 32.1 Å². The van der Waals surface area contributed by atoms with E-state index >= 15 is 0 Å². The van der Waals surface area contributed by atoms with Crippen LogP contribution in [0, 0.1) is 0 Å². The molecule has 1 fully saturated rings. The molecule has 1 aromatic carbocycles. The summed E-state index contributed by atoms with van der Waals surface area (Å²) in [5, 5.41) is 0. The van der Waals surface area contributed by atoms with Crippen LogP contribution >= 0.6 is 0 Å². The van der Waals surface area contributed by atoms with Crippen molar-refractivity contribution in [2.75, 3.05) is 6.54 Å². The van der Waals surface area contributed by atoms with Gasteiger partial charge in [0.05, 0.1) is 0 Å². The molecule has 1 aliphatic rings. The maximum Gasteiger partial charge on any atom is 0.254 e. The molecule has 1 aliphatic heterocycles. The minimum absolute atomic E-state index is 0.0156. The SMILES string of the molecule is CCc1cc(=O)n(CC(=O)N2CCCCC2CC)c(-c2ccccc2)n1. The van der Waals surface area contributed by atoms with Gasteiger partial charge in [0.2, 0.25) is 5.91 Å². The van der Waals surface area contributed by atoms with Crippen LogP contribution in [-0.4, -0.2) is 32.9 Å². The molecule has 138 valence electrons. The van der Waals surface area contributed by atoms with Gasteiger partial charge in [-0.3, -0.25) is 14.2 Å². The second kappa shape index (κ2) is 8.30. The molecule has 1 atom stereocenters. The molecule has 0 N–H and O–H groups in total. The molecule has 1 amide bonds. The molecule has 5 heteroatoms. The molecular weight excluding hydrogens is 326 g/mol. The van der Waals surface area contributed by atoms with E-state index in [1.54, 1.807) is 6.07 Å². The van der Waals surface area contributed by atoms with Crippen LogP contribution in [0.1, 0.15) is 45.2 Å².